The number of hydrogen-bond donors (Lipinski definition) is 0. The van der Waals surface area contributed by atoms with Crippen LogP contribution in [0.3, 0.4) is 0 Å². The topological polar surface area (TPSA) is 0 Å². The van der Waals surface area contributed by atoms with E-state index in [1.54, 1.807) is 0 Å². The molecular weight excluding hydrogens is 180 g/mol. The second-order valence-corrected chi connectivity index (χ2v) is 5.57. The summed E-state index contributed by atoms with van der Waals surface area (Å²) in [5.74, 6) is 2.78. The van der Waals surface area contributed by atoms with Crippen molar-refractivity contribution in [3.8, 4) is 0 Å². The quantitative estimate of drug-likeness (QED) is 0.462. The fraction of sp³-hybridized carbons (Fsp3) is 1.00. The molecular formula is C15H32. The Morgan fingerprint density at radius 2 is 1.40 bits per heavy atom. The van der Waals surface area contributed by atoms with Crippen molar-refractivity contribution < 1.29 is 0 Å². The summed E-state index contributed by atoms with van der Waals surface area (Å²) in [4.78, 5) is 0. The van der Waals surface area contributed by atoms with Crippen molar-refractivity contribution in [2.45, 2.75) is 79.6 Å². The van der Waals surface area contributed by atoms with E-state index < -0.39 is 0 Å². The van der Waals surface area contributed by atoms with Gasteiger partial charge in [-0.1, -0.05) is 79.6 Å². The molecule has 0 bridgehead atoms. The smallest absolute Gasteiger partial charge is 0.0417 e. The maximum absolute atomic E-state index is 2.40. The predicted molar refractivity (Wildman–Crippen MR) is 71.2 cm³/mol. The van der Waals surface area contributed by atoms with Crippen LogP contribution >= 0.6 is 0 Å². The molecule has 2 atom stereocenters. The first-order chi connectivity index (χ1) is 7.11. The number of rotatable bonds is 9. The number of hydrogen-bond acceptors (Lipinski definition) is 0. The molecule has 0 saturated heterocycles. The summed E-state index contributed by atoms with van der Waals surface area (Å²) in [7, 11) is 0. The Hall–Kier alpha value is 0. The molecule has 0 nitrogen and oxygen atoms in total. The van der Waals surface area contributed by atoms with Crippen molar-refractivity contribution >= 4 is 0 Å². The fourth-order valence-corrected chi connectivity index (χ4v) is 2.11. The molecule has 0 aromatic heterocycles. The van der Waals surface area contributed by atoms with Crippen molar-refractivity contribution in [3.05, 3.63) is 0 Å². The lowest BCUT2D eigenvalue weighted by Crippen LogP contribution is -2.05. The van der Waals surface area contributed by atoms with Gasteiger partial charge in [-0.2, -0.15) is 0 Å². The monoisotopic (exact) mass is 212 g/mol. The van der Waals surface area contributed by atoms with Gasteiger partial charge in [0.05, 0.1) is 0 Å². The molecule has 0 aromatic carbocycles. The minimum Gasteiger partial charge on any atom is -0.0654 e. The van der Waals surface area contributed by atoms with Gasteiger partial charge in [-0.15, -0.1) is 0 Å². The summed E-state index contributed by atoms with van der Waals surface area (Å²) in [6.07, 6.45) is 9.98. The highest BCUT2D eigenvalue weighted by Crippen LogP contribution is 2.23. The molecule has 0 amide bonds. The van der Waals surface area contributed by atoms with Crippen LogP contribution in [-0.2, 0) is 0 Å². The lowest BCUT2D eigenvalue weighted by Gasteiger charge is -2.18. The van der Waals surface area contributed by atoms with E-state index >= 15 is 0 Å². The summed E-state index contributed by atoms with van der Waals surface area (Å²) in [5, 5.41) is 0. The Morgan fingerprint density at radius 1 is 0.800 bits per heavy atom. The summed E-state index contributed by atoms with van der Waals surface area (Å²) in [6, 6.07) is 0. The average molecular weight is 212 g/mol. The average Bonchev–Trinajstić information content (AvgIpc) is 2.22. The molecule has 0 aliphatic heterocycles. The summed E-state index contributed by atoms with van der Waals surface area (Å²) in [6.45, 7) is 11.7. The van der Waals surface area contributed by atoms with E-state index in [1.165, 1.54) is 44.9 Å². The second-order valence-electron chi connectivity index (χ2n) is 5.57. The van der Waals surface area contributed by atoms with Gasteiger partial charge in [0, 0.05) is 0 Å². The zero-order chi connectivity index (χ0) is 11.7. The Morgan fingerprint density at radius 3 is 1.87 bits per heavy atom. The third kappa shape index (κ3) is 7.88. The van der Waals surface area contributed by atoms with Gasteiger partial charge in [-0.05, 0) is 17.8 Å². The molecule has 0 heterocycles. The minimum absolute atomic E-state index is 0.862. The predicted octanol–water partition coefficient (Wildman–Crippen LogP) is 5.67. The molecule has 0 heteroatoms. The molecule has 92 valence electrons. The van der Waals surface area contributed by atoms with Crippen molar-refractivity contribution in [1.82, 2.24) is 0 Å². The molecule has 0 fully saturated rings. The highest BCUT2D eigenvalue weighted by Gasteiger charge is 2.09. The van der Waals surface area contributed by atoms with Gasteiger partial charge >= 0.3 is 0 Å². The van der Waals surface area contributed by atoms with E-state index in [0.717, 1.165) is 17.8 Å². The van der Waals surface area contributed by atoms with Crippen molar-refractivity contribution in [2.75, 3.05) is 0 Å². The summed E-state index contributed by atoms with van der Waals surface area (Å²) < 4.78 is 0. The molecule has 0 spiro atoms. The third-order valence-electron chi connectivity index (χ3n) is 3.95. The Bertz CT molecular complexity index is 126. The minimum atomic E-state index is 0.862. The summed E-state index contributed by atoms with van der Waals surface area (Å²) >= 11 is 0. The molecule has 0 aromatic rings. The van der Waals surface area contributed by atoms with Crippen LogP contribution in [0.4, 0.5) is 0 Å². The van der Waals surface area contributed by atoms with E-state index in [2.05, 4.69) is 34.6 Å². The van der Waals surface area contributed by atoms with Crippen molar-refractivity contribution in [2.24, 2.45) is 17.8 Å². The Balaban J connectivity index is 3.53. The molecule has 0 N–H and O–H groups in total. The van der Waals surface area contributed by atoms with Gasteiger partial charge in [0.1, 0.15) is 0 Å². The first kappa shape index (κ1) is 15.0. The lowest BCUT2D eigenvalue weighted by atomic mass is 9.88. The van der Waals surface area contributed by atoms with E-state index in [1.807, 2.05) is 0 Å². The molecule has 0 saturated carbocycles. The molecule has 0 aliphatic rings. The normalized spacial score (nSPS) is 15.6. The Kier molecular flexibility index (Phi) is 9.24. The van der Waals surface area contributed by atoms with E-state index in [9.17, 15) is 0 Å². The molecule has 0 radical (unpaired) electrons. The van der Waals surface area contributed by atoms with Crippen LogP contribution in [0.2, 0.25) is 0 Å². The lowest BCUT2D eigenvalue weighted by molar-refractivity contribution is 0.341. The van der Waals surface area contributed by atoms with E-state index in [0.29, 0.717) is 0 Å². The zero-order valence-electron chi connectivity index (χ0n) is 11.7. The van der Waals surface area contributed by atoms with Gasteiger partial charge < -0.3 is 0 Å². The van der Waals surface area contributed by atoms with Crippen LogP contribution in [-0.4, -0.2) is 0 Å². The third-order valence-corrected chi connectivity index (χ3v) is 3.95. The van der Waals surface area contributed by atoms with Gasteiger partial charge in [-0.25, -0.2) is 0 Å². The van der Waals surface area contributed by atoms with Crippen molar-refractivity contribution in [1.29, 1.82) is 0 Å². The van der Waals surface area contributed by atoms with Crippen LogP contribution in [0.15, 0.2) is 0 Å². The van der Waals surface area contributed by atoms with Crippen molar-refractivity contribution in [3.63, 3.8) is 0 Å². The van der Waals surface area contributed by atoms with Gasteiger partial charge in [-0.3, -0.25) is 0 Å². The van der Waals surface area contributed by atoms with Gasteiger partial charge in [0.2, 0.25) is 0 Å². The van der Waals surface area contributed by atoms with Gasteiger partial charge in [0.15, 0.2) is 0 Å². The zero-order valence-corrected chi connectivity index (χ0v) is 11.7. The van der Waals surface area contributed by atoms with E-state index in [4.69, 9.17) is 0 Å². The maximum Gasteiger partial charge on any atom is -0.0417 e. The van der Waals surface area contributed by atoms with Gasteiger partial charge in [0.25, 0.3) is 0 Å². The molecule has 15 heavy (non-hydrogen) atoms. The first-order valence-corrected chi connectivity index (χ1v) is 7.11. The largest absolute Gasteiger partial charge is 0.0654 e. The second kappa shape index (κ2) is 9.24. The van der Waals surface area contributed by atoms with Crippen LogP contribution in [0, 0.1) is 17.8 Å². The summed E-state index contributed by atoms with van der Waals surface area (Å²) in [5.41, 5.74) is 0. The molecule has 0 aliphatic carbocycles. The maximum atomic E-state index is 2.40. The first-order valence-electron chi connectivity index (χ1n) is 7.11. The molecule has 0 rings (SSSR count). The van der Waals surface area contributed by atoms with Crippen LogP contribution in [0.25, 0.3) is 0 Å². The highest BCUT2D eigenvalue weighted by molar-refractivity contribution is 4.62. The van der Waals surface area contributed by atoms with Crippen LogP contribution in [0.1, 0.15) is 79.6 Å². The fourth-order valence-electron chi connectivity index (χ4n) is 2.11. The Labute approximate surface area is 97.8 Å². The van der Waals surface area contributed by atoms with E-state index in [-0.39, 0.29) is 0 Å². The highest BCUT2D eigenvalue weighted by atomic mass is 14.2. The number of unbranched alkanes of at least 4 members (excludes halogenated alkanes) is 1. The SMILES string of the molecule is CCCCC(CC)CCCC(C)C(C)C. The standard InChI is InChI=1S/C15H32/c1-6-8-11-15(7-2)12-9-10-14(5)13(3)4/h13-15H,6-12H2,1-5H3. The van der Waals surface area contributed by atoms with Crippen LogP contribution in [0.5, 0.6) is 0 Å². The molecule has 2 unspecified atom stereocenters. The van der Waals surface area contributed by atoms with Crippen LogP contribution < -0.4 is 0 Å².